The Morgan fingerprint density at radius 3 is 2.74 bits per heavy atom. The predicted octanol–water partition coefficient (Wildman–Crippen LogP) is 2.24. The molecule has 5 heteroatoms. The van der Waals surface area contributed by atoms with Gasteiger partial charge in [0, 0.05) is 19.3 Å². The topological polar surface area (TPSA) is 66.2 Å². The molecule has 1 atom stereocenters. The van der Waals surface area contributed by atoms with Crippen molar-refractivity contribution in [3.63, 3.8) is 0 Å². The van der Waals surface area contributed by atoms with Crippen molar-refractivity contribution in [2.24, 2.45) is 5.92 Å². The van der Waals surface area contributed by atoms with Crippen molar-refractivity contribution in [2.75, 3.05) is 24.6 Å². The fourth-order valence-corrected chi connectivity index (χ4v) is 1.66. The molecule has 1 heterocycles. The molecule has 0 amide bonds. The molecule has 19 heavy (non-hydrogen) atoms. The Morgan fingerprint density at radius 1 is 1.53 bits per heavy atom. The summed E-state index contributed by atoms with van der Waals surface area (Å²) >= 11 is 0. The maximum Gasteiger partial charge on any atom is 0.339 e. The Bertz CT molecular complexity index is 451. The summed E-state index contributed by atoms with van der Waals surface area (Å²) in [7, 11) is 0. The second-order valence-corrected chi connectivity index (χ2v) is 4.19. The summed E-state index contributed by atoms with van der Waals surface area (Å²) in [6, 6.07) is 5.67. The Hall–Kier alpha value is -2.09. The van der Waals surface area contributed by atoms with Crippen LogP contribution in [0.4, 0.5) is 5.82 Å². The van der Waals surface area contributed by atoms with Gasteiger partial charge in [-0.05, 0) is 32.9 Å². The number of rotatable bonds is 6. The van der Waals surface area contributed by atoms with Gasteiger partial charge >= 0.3 is 5.97 Å². The fourth-order valence-electron chi connectivity index (χ4n) is 1.66. The lowest BCUT2D eigenvalue weighted by Gasteiger charge is -2.22. The summed E-state index contributed by atoms with van der Waals surface area (Å²) in [4.78, 5) is 17.8. The van der Waals surface area contributed by atoms with Gasteiger partial charge in [-0.3, -0.25) is 0 Å². The molecule has 1 aromatic heterocycles. The monoisotopic (exact) mass is 261 g/mol. The number of pyridine rings is 1. The van der Waals surface area contributed by atoms with Crippen molar-refractivity contribution in [2.45, 2.75) is 20.8 Å². The highest BCUT2D eigenvalue weighted by atomic mass is 16.5. The standard InChI is InChI=1S/C14H19N3O2/c1-4-17(10-11(3)8-15)13-7-6-12(9-16-13)14(18)19-5-2/h6-7,9,11H,4-5,10H2,1-3H3. The maximum absolute atomic E-state index is 11.5. The first kappa shape index (κ1) is 15.0. The molecule has 0 aliphatic rings. The van der Waals surface area contributed by atoms with E-state index in [-0.39, 0.29) is 11.9 Å². The molecule has 1 rings (SSSR count). The zero-order chi connectivity index (χ0) is 14.3. The lowest BCUT2D eigenvalue weighted by molar-refractivity contribution is 0.0526. The van der Waals surface area contributed by atoms with Crippen molar-refractivity contribution in [3.05, 3.63) is 23.9 Å². The summed E-state index contributed by atoms with van der Waals surface area (Å²) in [6.45, 7) is 7.38. The lowest BCUT2D eigenvalue weighted by Crippen LogP contribution is -2.28. The van der Waals surface area contributed by atoms with Crippen LogP contribution in [-0.2, 0) is 4.74 Å². The van der Waals surface area contributed by atoms with Crippen LogP contribution < -0.4 is 4.90 Å². The van der Waals surface area contributed by atoms with Crippen molar-refractivity contribution >= 4 is 11.8 Å². The van der Waals surface area contributed by atoms with Gasteiger partial charge in [0.2, 0.25) is 0 Å². The highest BCUT2D eigenvalue weighted by Gasteiger charge is 2.12. The first-order valence-corrected chi connectivity index (χ1v) is 6.40. The third kappa shape index (κ3) is 4.25. The van der Waals surface area contributed by atoms with E-state index in [9.17, 15) is 4.79 Å². The molecule has 0 aliphatic carbocycles. The van der Waals surface area contributed by atoms with Gasteiger partial charge in [0.15, 0.2) is 0 Å². The molecular formula is C14H19N3O2. The minimum atomic E-state index is -0.366. The number of nitriles is 1. The lowest BCUT2D eigenvalue weighted by atomic mass is 10.2. The number of carbonyl (C=O) groups is 1. The molecule has 0 aliphatic heterocycles. The van der Waals surface area contributed by atoms with Gasteiger partial charge < -0.3 is 9.64 Å². The van der Waals surface area contributed by atoms with E-state index in [1.807, 2.05) is 18.7 Å². The van der Waals surface area contributed by atoms with Gasteiger partial charge in [-0.2, -0.15) is 5.26 Å². The second-order valence-electron chi connectivity index (χ2n) is 4.19. The summed E-state index contributed by atoms with van der Waals surface area (Å²) in [5.74, 6) is 0.333. The highest BCUT2D eigenvalue weighted by molar-refractivity contribution is 5.89. The van der Waals surface area contributed by atoms with Crippen molar-refractivity contribution in [3.8, 4) is 6.07 Å². The summed E-state index contributed by atoms with van der Waals surface area (Å²) in [5, 5.41) is 8.84. The third-order valence-corrected chi connectivity index (χ3v) is 2.68. The highest BCUT2D eigenvalue weighted by Crippen LogP contribution is 2.13. The van der Waals surface area contributed by atoms with E-state index in [1.54, 1.807) is 19.1 Å². The molecule has 5 nitrogen and oxygen atoms in total. The summed E-state index contributed by atoms with van der Waals surface area (Å²) < 4.78 is 4.90. The molecule has 0 spiro atoms. The van der Waals surface area contributed by atoms with Crippen LogP contribution in [-0.4, -0.2) is 30.6 Å². The van der Waals surface area contributed by atoms with Crippen LogP contribution in [0.5, 0.6) is 0 Å². The van der Waals surface area contributed by atoms with E-state index >= 15 is 0 Å². The van der Waals surface area contributed by atoms with Gasteiger partial charge in [0.1, 0.15) is 5.82 Å². The smallest absolute Gasteiger partial charge is 0.339 e. The number of hydrogen-bond donors (Lipinski definition) is 0. The number of aromatic nitrogens is 1. The predicted molar refractivity (Wildman–Crippen MR) is 72.9 cm³/mol. The largest absolute Gasteiger partial charge is 0.462 e. The molecule has 102 valence electrons. The second kappa shape index (κ2) is 7.37. The van der Waals surface area contributed by atoms with Gasteiger partial charge in [0.05, 0.1) is 24.2 Å². The molecule has 1 unspecified atom stereocenters. The summed E-state index contributed by atoms with van der Waals surface area (Å²) in [5.41, 5.74) is 0.440. The zero-order valence-electron chi connectivity index (χ0n) is 11.6. The van der Waals surface area contributed by atoms with Crippen LogP contribution in [0, 0.1) is 17.2 Å². The van der Waals surface area contributed by atoms with E-state index in [0.717, 1.165) is 12.4 Å². The number of ether oxygens (including phenoxy) is 1. The molecule has 0 saturated heterocycles. The Kier molecular flexibility index (Phi) is 5.80. The van der Waals surface area contributed by atoms with Crippen LogP contribution in [0.1, 0.15) is 31.1 Å². The van der Waals surface area contributed by atoms with Gasteiger partial charge in [-0.1, -0.05) is 0 Å². The molecule has 0 saturated carbocycles. The minimum Gasteiger partial charge on any atom is -0.462 e. The molecule has 0 radical (unpaired) electrons. The number of hydrogen-bond acceptors (Lipinski definition) is 5. The maximum atomic E-state index is 11.5. The first-order chi connectivity index (χ1) is 9.12. The van der Waals surface area contributed by atoms with Crippen LogP contribution in [0.25, 0.3) is 0 Å². The van der Waals surface area contributed by atoms with Crippen molar-refractivity contribution in [1.82, 2.24) is 4.98 Å². The van der Waals surface area contributed by atoms with E-state index < -0.39 is 0 Å². The van der Waals surface area contributed by atoms with Crippen molar-refractivity contribution < 1.29 is 9.53 Å². The number of anilines is 1. The van der Waals surface area contributed by atoms with Gasteiger partial charge in [-0.15, -0.1) is 0 Å². The van der Waals surface area contributed by atoms with Crippen LogP contribution in [0.3, 0.4) is 0 Å². The SMILES string of the molecule is CCOC(=O)c1ccc(N(CC)CC(C)C#N)nc1. The van der Waals surface area contributed by atoms with Crippen LogP contribution >= 0.6 is 0 Å². The van der Waals surface area contributed by atoms with Gasteiger partial charge in [0.25, 0.3) is 0 Å². The average Bonchev–Trinajstić information content (AvgIpc) is 2.45. The summed E-state index contributed by atoms with van der Waals surface area (Å²) in [6.07, 6.45) is 1.51. The molecule has 0 aromatic carbocycles. The molecular weight excluding hydrogens is 242 g/mol. The normalized spacial score (nSPS) is 11.5. The first-order valence-electron chi connectivity index (χ1n) is 6.40. The third-order valence-electron chi connectivity index (χ3n) is 2.68. The van der Waals surface area contributed by atoms with Gasteiger partial charge in [-0.25, -0.2) is 9.78 Å². The molecule has 0 bridgehead atoms. The van der Waals surface area contributed by atoms with Crippen LogP contribution in [0.15, 0.2) is 18.3 Å². The Labute approximate surface area is 113 Å². The van der Waals surface area contributed by atoms with Crippen molar-refractivity contribution in [1.29, 1.82) is 5.26 Å². The van der Waals surface area contributed by atoms with E-state index in [0.29, 0.717) is 18.7 Å². The Balaban J connectivity index is 2.79. The number of carbonyl (C=O) groups excluding carboxylic acids is 1. The Morgan fingerprint density at radius 2 is 2.26 bits per heavy atom. The van der Waals surface area contributed by atoms with E-state index in [4.69, 9.17) is 10.00 Å². The molecule has 1 aromatic rings. The average molecular weight is 261 g/mol. The van der Waals surface area contributed by atoms with E-state index in [2.05, 4.69) is 11.1 Å². The van der Waals surface area contributed by atoms with Crippen LogP contribution in [0.2, 0.25) is 0 Å². The zero-order valence-corrected chi connectivity index (χ0v) is 11.6. The molecule has 0 fully saturated rings. The number of nitrogens with zero attached hydrogens (tertiary/aromatic N) is 3. The minimum absolute atomic E-state index is 0.0634. The van der Waals surface area contributed by atoms with E-state index in [1.165, 1.54) is 6.20 Å². The molecule has 0 N–H and O–H groups in total. The quantitative estimate of drug-likeness (QED) is 0.735. The fraction of sp³-hybridized carbons (Fsp3) is 0.500. The number of esters is 1.